The van der Waals surface area contributed by atoms with Gasteiger partial charge in [-0.2, -0.15) is 4.98 Å². The minimum absolute atomic E-state index is 0.203. The number of nitrogens with zero attached hydrogens (tertiary/aromatic N) is 4. The lowest BCUT2D eigenvalue weighted by Gasteiger charge is -2.11. The fourth-order valence-electron chi connectivity index (χ4n) is 2.69. The SMILES string of the molecule is Cc1c(Nc2ncc3c(n2)[nH]c(=O)n3C)c(F)cc2ncccc12. The molecule has 0 saturated carbocycles. The molecule has 7 nitrogen and oxygen atoms in total. The Morgan fingerprint density at radius 2 is 2.17 bits per heavy atom. The predicted octanol–water partition coefficient (Wildman–Crippen LogP) is 2.40. The van der Waals surface area contributed by atoms with Crippen LogP contribution in [0.4, 0.5) is 16.0 Å². The van der Waals surface area contributed by atoms with Crippen molar-refractivity contribution in [2.45, 2.75) is 6.92 Å². The second-order valence-corrected chi connectivity index (χ2v) is 5.47. The Morgan fingerprint density at radius 3 is 3.00 bits per heavy atom. The number of H-pyrrole nitrogens is 1. The Kier molecular flexibility index (Phi) is 3.05. The highest BCUT2D eigenvalue weighted by Crippen LogP contribution is 2.29. The molecular formula is C16H13FN6O. The molecule has 0 aliphatic rings. The zero-order chi connectivity index (χ0) is 16.8. The van der Waals surface area contributed by atoms with Crippen molar-refractivity contribution >= 4 is 33.7 Å². The number of hydrogen-bond donors (Lipinski definition) is 2. The van der Waals surface area contributed by atoms with Crippen LogP contribution in [-0.4, -0.2) is 24.5 Å². The average Bonchev–Trinajstić information content (AvgIpc) is 2.85. The molecule has 2 N–H and O–H groups in total. The van der Waals surface area contributed by atoms with Gasteiger partial charge in [0.2, 0.25) is 5.95 Å². The molecule has 0 bridgehead atoms. The standard InChI is InChI=1S/C16H13FN6O/c1-8-9-4-3-5-18-11(9)6-10(17)13(8)20-15-19-7-12-14(21-15)22-16(24)23(12)2/h3-7H,1-2H3,(H2,19,20,21,22,24). The summed E-state index contributed by atoms with van der Waals surface area (Å²) in [5.74, 6) is -0.237. The van der Waals surface area contributed by atoms with Crippen LogP contribution in [0.15, 0.2) is 35.4 Å². The normalized spacial score (nSPS) is 11.3. The second kappa shape index (κ2) is 5.12. The van der Waals surface area contributed by atoms with Crippen molar-refractivity contribution in [2.75, 3.05) is 5.32 Å². The molecule has 0 amide bonds. The van der Waals surface area contributed by atoms with Gasteiger partial charge >= 0.3 is 5.69 Å². The number of rotatable bonds is 2. The van der Waals surface area contributed by atoms with Crippen LogP contribution in [0.3, 0.4) is 0 Å². The summed E-state index contributed by atoms with van der Waals surface area (Å²) in [4.78, 5) is 26.8. The zero-order valence-corrected chi connectivity index (χ0v) is 13.0. The van der Waals surface area contributed by atoms with Crippen molar-refractivity contribution < 1.29 is 4.39 Å². The number of hydrogen-bond acceptors (Lipinski definition) is 5. The van der Waals surface area contributed by atoms with E-state index in [0.29, 0.717) is 22.2 Å². The fourth-order valence-corrected chi connectivity index (χ4v) is 2.69. The Morgan fingerprint density at radius 1 is 1.33 bits per heavy atom. The lowest BCUT2D eigenvalue weighted by atomic mass is 10.1. The summed E-state index contributed by atoms with van der Waals surface area (Å²) in [6.45, 7) is 1.80. The van der Waals surface area contributed by atoms with Gasteiger partial charge in [0.1, 0.15) is 11.3 Å². The van der Waals surface area contributed by atoms with E-state index in [-0.39, 0.29) is 17.3 Å². The van der Waals surface area contributed by atoms with Gasteiger partial charge in [0, 0.05) is 24.7 Å². The van der Waals surface area contributed by atoms with Gasteiger partial charge in [-0.3, -0.25) is 14.5 Å². The van der Waals surface area contributed by atoms with E-state index in [1.807, 2.05) is 6.07 Å². The second-order valence-electron chi connectivity index (χ2n) is 5.47. The van der Waals surface area contributed by atoms with Crippen molar-refractivity contribution in [3.8, 4) is 0 Å². The van der Waals surface area contributed by atoms with E-state index in [1.54, 1.807) is 26.2 Å². The van der Waals surface area contributed by atoms with Crippen molar-refractivity contribution in [2.24, 2.45) is 7.05 Å². The molecule has 4 aromatic rings. The first-order chi connectivity index (χ1) is 11.5. The van der Waals surface area contributed by atoms with Gasteiger partial charge in [0.25, 0.3) is 0 Å². The molecule has 0 spiro atoms. The molecule has 0 radical (unpaired) electrons. The Labute approximate surface area is 135 Å². The highest BCUT2D eigenvalue weighted by atomic mass is 19.1. The summed E-state index contributed by atoms with van der Waals surface area (Å²) in [5, 5.41) is 3.74. The highest BCUT2D eigenvalue weighted by Gasteiger charge is 2.13. The summed E-state index contributed by atoms with van der Waals surface area (Å²) in [7, 11) is 1.62. The number of fused-ring (bicyclic) bond motifs is 2. The Bertz CT molecular complexity index is 1150. The first-order valence-corrected chi connectivity index (χ1v) is 7.27. The minimum Gasteiger partial charge on any atom is -0.321 e. The number of anilines is 2. The lowest BCUT2D eigenvalue weighted by Crippen LogP contribution is -2.11. The molecule has 0 saturated heterocycles. The quantitative estimate of drug-likeness (QED) is 0.591. The number of halogens is 1. The van der Waals surface area contributed by atoms with Crippen LogP contribution < -0.4 is 11.0 Å². The molecule has 1 aromatic carbocycles. The first-order valence-electron chi connectivity index (χ1n) is 7.27. The van der Waals surface area contributed by atoms with Crippen LogP contribution in [0.5, 0.6) is 0 Å². The summed E-state index contributed by atoms with van der Waals surface area (Å²) in [6, 6.07) is 5.04. The molecule has 3 aromatic heterocycles. The lowest BCUT2D eigenvalue weighted by molar-refractivity contribution is 0.632. The van der Waals surface area contributed by atoms with Crippen LogP contribution in [0.25, 0.3) is 22.1 Å². The maximum Gasteiger partial charge on any atom is 0.327 e. The third-order valence-corrected chi connectivity index (χ3v) is 4.02. The van der Waals surface area contributed by atoms with Crippen LogP contribution in [0.2, 0.25) is 0 Å². The third kappa shape index (κ3) is 2.11. The molecular weight excluding hydrogens is 311 g/mol. The van der Waals surface area contributed by atoms with Crippen LogP contribution in [-0.2, 0) is 7.05 Å². The van der Waals surface area contributed by atoms with Crippen molar-refractivity contribution in [3.63, 3.8) is 0 Å². The number of benzene rings is 1. The fraction of sp³-hybridized carbons (Fsp3) is 0.125. The largest absolute Gasteiger partial charge is 0.327 e. The Hall–Kier alpha value is -3.29. The van der Waals surface area contributed by atoms with Gasteiger partial charge < -0.3 is 5.32 Å². The number of aromatic amines is 1. The smallest absolute Gasteiger partial charge is 0.321 e. The maximum absolute atomic E-state index is 14.4. The van der Waals surface area contributed by atoms with E-state index in [4.69, 9.17) is 0 Å². The van der Waals surface area contributed by atoms with Gasteiger partial charge in [0.15, 0.2) is 5.65 Å². The molecule has 0 aliphatic heterocycles. The van der Waals surface area contributed by atoms with Crippen molar-refractivity contribution in [1.29, 1.82) is 0 Å². The molecule has 8 heteroatoms. The van der Waals surface area contributed by atoms with Crippen molar-refractivity contribution in [1.82, 2.24) is 24.5 Å². The predicted molar refractivity (Wildman–Crippen MR) is 88.9 cm³/mol. The highest BCUT2D eigenvalue weighted by molar-refractivity contribution is 5.88. The molecule has 24 heavy (non-hydrogen) atoms. The van der Waals surface area contributed by atoms with E-state index in [2.05, 4.69) is 25.3 Å². The van der Waals surface area contributed by atoms with E-state index in [0.717, 1.165) is 5.39 Å². The molecule has 120 valence electrons. The minimum atomic E-state index is -0.441. The molecule has 3 heterocycles. The number of aromatic nitrogens is 5. The van der Waals surface area contributed by atoms with Gasteiger partial charge in [-0.05, 0) is 18.6 Å². The van der Waals surface area contributed by atoms with Gasteiger partial charge in [0.05, 0.1) is 17.4 Å². The molecule has 0 aliphatic carbocycles. The molecule has 4 rings (SSSR count). The first kappa shape index (κ1) is 14.3. The summed E-state index contributed by atoms with van der Waals surface area (Å²) in [5.41, 5.74) is 2.26. The summed E-state index contributed by atoms with van der Waals surface area (Å²) in [6.07, 6.45) is 3.13. The van der Waals surface area contributed by atoms with Gasteiger partial charge in [-0.1, -0.05) is 6.07 Å². The third-order valence-electron chi connectivity index (χ3n) is 4.02. The monoisotopic (exact) mass is 324 g/mol. The van der Waals surface area contributed by atoms with Gasteiger partial charge in [-0.25, -0.2) is 14.2 Å². The van der Waals surface area contributed by atoms with Crippen LogP contribution >= 0.6 is 0 Å². The number of pyridine rings is 1. The molecule has 0 atom stereocenters. The number of aryl methyl sites for hydroxylation is 2. The molecule has 0 fully saturated rings. The van der Waals surface area contributed by atoms with E-state index in [9.17, 15) is 9.18 Å². The average molecular weight is 324 g/mol. The summed E-state index contributed by atoms with van der Waals surface area (Å²) >= 11 is 0. The van der Waals surface area contributed by atoms with Gasteiger partial charge in [-0.15, -0.1) is 0 Å². The Balaban J connectivity index is 1.83. The number of imidazole rings is 1. The van der Waals surface area contributed by atoms with E-state index < -0.39 is 5.82 Å². The summed E-state index contributed by atoms with van der Waals surface area (Å²) < 4.78 is 15.8. The topological polar surface area (TPSA) is 88.5 Å². The van der Waals surface area contributed by atoms with E-state index in [1.165, 1.54) is 16.8 Å². The van der Waals surface area contributed by atoms with Crippen molar-refractivity contribution in [3.05, 3.63) is 52.5 Å². The number of nitrogens with one attached hydrogen (secondary N) is 2. The van der Waals surface area contributed by atoms with E-state index >= 15 is 0 Å². The zero-order valence-electron chi connectivity index (χ0n) is 13.0. The maximum atomic E-state index is 14.4. The van der Waals surface area contributed by atoms with Crippen LogP contribution in [0, 0.1) is 12.7 Å². The van der Waals surface area contributed by atoms with Crippen LogP contribution in [0.1, 0.15) is 5.56 Å². The molecule has 0 unspecified atom stereocenters.